The van der Waals surface area contributed by atoms with E-state index in [2.05, 4.69) is 10.3 Å². The van der Waals surface area contributed by atoms with Gasteiger partial charge in [-0.3, -0.25) is 14.2 Å². The Morgan fingerprint density at radius 2 is 2.07 bits per heavy atom. The highest BCUT2D eigenvalue weighted by Crippen LogP contribution is 2.33. The first kappa shape index (κ1) is 18.2. The first-order chi connectivity index (χ1) is 13.1. The summed E-state index contributed by atoms with van der Waals surface area (Å²) in [5.41, 5.74) is 1.65. The van der Waals surface area contributed by atoms with Crippen molar-refractivity contribution < 1.29 is 4.79 Å². The van der Waals surface area contributed by atoms with E-state index in [0.29, 0.717) is 16.3 Å². The van der Waals surface area contributed by atoms with Gasteiger partial charge in [-0.2, -0.15) is 0 Å². The Morgan fingerprint density at radius 1 is 1.30 bits per heavy atom. The standard InChI is InChI=1S/C19H20N4O2S2/c1-12(24)20-18-21-13(10-26-18)11-27-19-22-16-9-5-4-8-15(16)17(25)23(19)14-6-2-3-7-14/h4-5,8-10,14H,2-3,6-7,11H2,1H3,(H,20,21,24). The summed E-state index contributed by atoms with van der Waals surface area (Å²) in [4.78, 5) is 33.5. The Hall–Kier alpha value is -2.19. The van der Waals surface area contributed by atoms with Gasteiger partial charge in [0.2, 0.25) is 5.91 Å². The Kier molecular flexibility index (Phi) is 5.27. The maximum absolute atomic E-state index is 13.1. The van der Waals surface area contributed by atoms with E-state index in [0.717, 1.165) is 42.1 Å². The average molecular weight is 401 g/mol. The highest BCUT2D eigenvalue weighted by molar-refractivity contribution is 7.98. The zero-order valence-corrected chi connectivity index (χ0v) is 16.6. The molecule has 8 heteroatoms. The molecule has 6 nitrogen and oxygen atoms in total. The quantitative estimate of drug-likeness (QED) is 0.513. The maximum atomic E-state index is 13.1. The van der Waals surface area contributed by atoms with Crippen LogP contribution in [0.1, 0.15) is 44.3 Å². The molecule has 2 aromatic heterocycles. The zero-order valence-electron chi connectivity index (χ0n) is 15.0. The molecule has 1 aliphatic rings. The summed E-state index contributed by atoms with van der Waals surface area (Å²) in [6.07, 6.45) is 4.36. The van der Waals surface area contributed by atoms with Gasteiger partial charge in [0.05, 0.1) is 16.6 Å². The second kappa shape index (κ2) is 7.82. The molecule has 140 valence electrons. The van der Waals surface area contributed by atoms with E-state index in [9.17, 15) is 9.59 Å². The lowest BCUT2D eigenvalue weighted by atomic mass is 10.2. The summed E-state index contributed by atoms with van der Waals surface area (Å²) in [7, 11) is 0. The number of anilines is 1. The number of carbonyl (C=O) groups is 1. The van der Waals surface area contributed by atoms with Gasteiger partial charge < -0.3 is 5.32 Å². The molecule has 0 bridgehead atoms. The number of benzene rings is 1. The van der Waals surface area contributed by atoms with Crippen LogP contribution in [-0.2, 0) is 10.5 Å². The number of thioether (sulfide) groups is 1. The molecule has 0 atom stereocenters. The first-order valence-electron chi connectivity index (χ1n) is 8.98. The largest absolute Gasteiger partial charge is 0.302 e. The van der Waals surface area contributed by atoms with Crippen LogP contribution in [0.3, 0.4) is 0 Å². The number of nitrogens with zero attached hydrogens (tertiary/aromatic N) is 3. The van der Waals surface area contributed by atoms with Crippen molar-refractivity contribution in [2.45, 2.75) is 49.6 Å². The first-order valence-corrected chi connectivity index (χ1v) is 10.8. The number of rotatable bonds is 5. The lowest BCUT2D eigenvalue weighted by molar-refractivity contribution is -0.114. The van der Waals surface area contributed by atoms with Crippen molar-refractivity contribution in [3.05, 3.63) is 45.7 Å². The summed E-state index contributed by atoms with van der Waals surface area (Å²) < 4.78 is 1.89. The van der Waals surface area contributed by atoms with E-state index in [1.165, 1.54) is 30.0 Å². The fraction of sp³-hybridized carbons (Fsp3) is 0.368. The minimum atomic E-state index is -0.130. The molecular weight excluding hydrogens is 380 g/mol. The van der Waals surface area contributed by atoms with Crippen LogP contribution in [0, 0.1) is 0 Å². The van der Waals surface area contributed by atoms with Gasteiger partial charge in [-0.15, -0.1) is 11.3 Å². The molecule has 3 aromatic rings. The van der Waals surface area contributed by atoms with E-state index >= 15 is 0 Å². The molecular formula is C19H20N4O2S2. The fourth-order valence-corrected chi connectivity index (χ4v) is 5.25. The highest BCUT2D eigenvalue weighted by Gasteiger charge is 2.23. The Morgan fingerprint density at radius 3 is 2.85 bits per heavy atom. The molecule has 1 aliphatic carbocycles. The van der Waals surface area contributed by atoms with Gasteiger partial charge in [0, 0.05) is 24.1 Å². The molecule has 1 aromatic carbocycles. The van der Waals surface area contributed by atoms with Gasteiger partial charge in [-0.1, -0.05) is 36.7 Å². The third kappa shape index (κ3) is 3.91. The van der Waals surface area contributed by atoms with Crippen LogP contribution >= 0.6 is 23.1 Å². The topological polar surface area (TPSA) is 76.9 Å². The lowest BCUT2D eigenvalue weighted by Crippen LogP contribution is -2.26. The van der Waals surface area contributed by atoms with Crippen molar-refractivity contribution in [3.8, 4) is 0 Å². The predicted molar refractivity (Wildman–Crippen MR) is 109 cm³/mol. The minimum absolute atomic E-state index is 0.0483. The molecule has 0 radical (unpaired) electrons. The number of aromatic nitrogens is 3. The summed E-state index contributed by atoms with van der Waals surface area (Å²) in [5.74, 6) is 0.475. The van der Waals surface area contributed by atoms with Crippen molar-refractivity contribution >= 4 is 45.0 Å². The Labute approximate surface area is 165 Å². The van der Waals surface area contributed by atoms with Gasteiger partial charge in [0.15, 0.2) is 10.3 Å². The molecule has 0 aliphatic heterocycles. The van der Waals surface area contributed by atoms with E-state index in [-0.39, 0.29) is 17.5 Å². The van der Waals surface area contributed by atoms with Crippen molar-refractivity contribution in [2.75, 3.05) is 5.32 Å². The van der Waals surface area contributed by atoms with Crippen molar-refractivity contribution in [2.24, 2.45) is 0 Å². The Bertz CT molecular complexity index is 1040. The fourth-order valence-electron chi connectivity index (χ4n) is 3.43. The predicted octanol–water partition coefficient (Wildman–Crippen LogP) is 4.22. The number of hydrogen-bond donors (Lipinski definition) is 1. The summed E-state index contributed by atoms with van der Waals surface area (Å²) in [5, 5.41) is 6.65. The zero-order chi connectivity index (χ0) is 18.8. The summed E-state index contributed by atoms with van der Waals surface area (Å²) >= 11 is 2.93. The van der Waals surface area contributed by atoms with Crippen molar-refractivity contribution in [1.29, 1.82) is 0 Å². The average Bonchev–Trinajstić information content (AvgIpc) is 3.32. The third-order valence-corrected chi connectivity index (χ3v) is 6.44. The molecule has 27 heavy (non-hydrogen) atoms. The molecule has 1 fully saturated rings. The monoisotopic (exact) mass is 400 g/mol. The van der Waals surface area contributed by atoms with Crippen molar-refractivity contribution in [3.63, 3.8) is 0 Å². The van der Waals surface area contributed by atoms with E-state index < -0.39 is 0 Å². The molecule has 0 saturated heterocycles. The SMILES string of the molecule is CC(=O)Nc1nc(CSc2nc3ccccc3c(=O)n2C2CCCC2)cs1. The second-order valence-corrected chi connectivity index (χ2v) is 8.44. The number of carbonyl (C=O) groups excluding carboxylic acids is 1. The van der Waals surface area contributed by atoms with Crippen LogP contribution in [-0.4, -0.2) is 20.4 Å². The van der Waals surface area contributed by atoms with E-state index in [1.807, 2.05) is 34.2 Å². The maximum Gasteiger partial charge on any atom is 0.262 e. The molecule has 0 unspecified atom stereocenters. The van der Waals surface area contributed by atoms with Crippen LogP contribution in [0.25, 0.3) is 10.9 Å². The van der Waals surface area contributed by atoms with Crippen LogP contribution in [0.5, 0.6) is 0 Å². The van der Waals surface area contributed by atoms with E-state index in [1.54, 1.807) is 0 Å². The number of nitrogens with one attached hydrogen (secondary N) is 1. The molecule has 4 rings (SSSR count). The lowest BCUT2D eigenvalue weighted by Gasteiger charge is -2.18. The number of hydrogen-bond acceptors (Lipinski definition) is 6. The van der Waals surface area contributed by atoms with Crippen LogP contribution in [0.4, 0.5) is 5.13 Å². The van der Waals surface area contributed by atoms with Gasteiger partial charge in [0.1, 0.15) is 0 Å². The molecule has 1 N–H and O–H groups in total. The summed E-state index contributed by atoms with van der Waals surface area (Å²) in [6, 6.07) is 7.75. The minimum Gasteiger partial charge on any atom is -0.302 e. The number of amides is 1. The molecule has 2 heterocycles. The van der Waals surface area contributed by atoms with Crippen LogP contribution < -0.4 is 10.9 Å². The van der Waals surface area contributed by atoms with Crippen LogP contribution in [0.15, 0.2) is 39.6 Å². The molecule has 1 saturated carbocycles. The highest BCUT2D eigenvalue weighted by atomic mass is 32.2. The van der Waals surface area contributed by atoms with Gasteiger partial charge >= 0.3 is 0 Å². The van der Waals surface area contributed by atoms with Gasteiger partial charge in [-0.05, 0) is 25.0 Å². The van der Waals surface area contributed by atoms with E-state index in [4.69, 9.17) is 4.98 Å². The van der Waals surface area contributed by atoms with Crippen LogP contribution in [0.2, 0.25) is 0 Å². The number of fused-ring (bicyclic) bond motifs is 1. The molecule has 0 spiro atoms. The van der Waals surface area contributed by atoms with Gasteiger partial charge in [0.25, 0.3) is 5.56 Å². The van der Waals surface area contributed by atoms with Crippen molar-refractivity contribution in [1.82, 2.24) is 14.5 Å². The summed E-state index contributed by atoms with van der Waals surface area (Å²) in [6.45, 7) is 1.47. The normalized spacial score (nSPS) is 14.7. The van der Waals surface area contributed by atoms with Gasteiger partial charge in [-0.25, -0.2) is 9.97 Å². The Balaban J connectivity index is 1.65. The third-order valence-electron chi connectivity index (χ3n) is 4.65. The molecule has 1 amide bonds. The smallest absolute Gasteiger partial charge is 0.262 e. The number of para-hydroxylation sites is 1. The number of thiazole rings is 1. The second-order valence-electron chi connectivity index (χ2n) is 6.64.